The van der Waals surface area contributed by atoms with Gasteiger partial charge in [-0.3, -0.25) is 4.79 Å². The van der Waals surface area contributed by atoms with Crippen LogP contribution in [0, 0.1) is 5.92 Å². The monoisotopic (exact) mass is 448 g/mol. The molecule has 2 aliphatic rings. The van der Waals surface area contributed by atoms with Crippen LogP contribution in [0.15, 0.2) is 46.7 Å². The Labute approximate surface area is 182 Å². The van der Waals surface area contributed by atoms with Gasteiger partial charge in [0.2, 0.25) is 15.9 Å². The number of benzene rings is 1. The average Bonchev–Trinajstić information content (AvgIpc) is 3.47. The molecule has 2 aromatic rings. The second-order valence-corrected chi connectivity index (χ2v) is 10.8. The van der Waals surface area contributed by atoms with Gasteiger partial charge in [0, 0.05) is 29.9 Å². The van der Waals surface area contributed by atoms with E-state index in [1.165, 1.54) is 9.18 Å². The maximum Gasteiger partial charge on any atom is 0.243 e. The fourth-order valence-electron chi connectivity index (χ4n) is 3.94. The summed E-state index contributed by atoms with van der Waals surface area (Å²) in [5.74, 6) is 0.744. The molecule has 1 saturated carbocycles. The number of hydrogen-bond acceptors (Lipinski definition) is 5. The summed E-state index contributed by atoms with van der Waals surface area (Å²) in [5, 5.41) is 2.04. The third kappa shape index (κ3) is 4.71. The van der Waals surface area contributed by atoms with E-state index in [0.717, 1.165) is 12.8 Å². The quantitative estimate of drug-likeness (QED) is 0.617. The maximum atomic E-state index is 13.2. The Morgan fingerprint density at radius 2 is 1.83 bits per heavy atom. The number of nitrogens with zero attached hydrogens (tertiary/aromatic N) is 2. The van der Waals surface area contributed by atoms with E-state index in [4.69, 9.17) is 4.74 Å². The van der Waals surface area contributed by atoms with Crippen LogP contribution in [-0.4, -0.2) is 49.3 Å². The molecule has 30 heavy (non-hydrogen) atoms. The summed E-state index contributed by atoms with van der Waals surface area (Å²) < 4.78 is 32.9. The third-order valence-electron chi connectivity index (χ3n) is 5.75. The van der Waals surface area contributed by atoms with Crippen molar-refractivity contribution in [3.8, 4) is 5.75 Å². The molecule has 8 heteroatoms. The van der Waals surface area contributed by atoms with Gasteiger partial charge >= 0.3 is 0 Å². The molecule has 162 valence electrons. The van der Waals surface area contributed by atoms with Crippen LogP contribution in [-0.2, 0) is 21.4 Å². The highest BCUT2D eigenvalue weighted by atomic mass is 32.2. The van der Waals surface area contributed by atoms with Crippen LogP contribution in [0.25, 0.3) is 0 Å². The van der Waals surface area contributed by atoms with Gasteiger partial charge < -0.3 is 9.64 Å². The SMILES string of the molecule is CCOc1ccc(S(=O)(=O)N2CCC(C(=O)N(Cc3cccs3)C3CC3)CC2)cc1. The van der Waals surface area contributed by atoms with E-state index in [1.54, 1.807) is 35.6 Å². The molecule has 0 unspecified atom stereocenters. The first kappa shape index (κ1) is 21.3. The van der Waals surface area contributed by atoms with E-state index in [-0.39, 0.29) is 16.7 Å². The summed E-state index contributed by atoms with van der Waals surface area (Å²) in [6.07, 6.45) is 3.29. The molecule has 2 fully saturated rings. The van der Waals surface area contributed by atoms with Gasteiger partial charge in [-0.2, -0.15) is 4.31 Å². The van der Waals surface area contributed by atoms with Crippen LogP contribution in [0.5, 0.6) is 5.75 Å². The Bertz CT molecular complexity index is 946. The van der Waals surface area contributed by atoms with Crippen molar-refractivity contribution in [2.24, 2.45) is 5.92 Å². The predicted octanol–water partition coefficient (Wildman–Crippen LogP) is 3.74. The molecule has 1 saturated heterocycles. The van der Waals surface area contributed by atoms with Gasteiger partial charge in [-0.05, 0) is 68.3 Å². The molecule has 6 nitrogen and oxygen atoms in total. The largest absolute Gasteiger partial charge is 0.494 e. The highest BCUT2D eigenvalue weighted by molar-refractivity contribution is 7.89. The lowest BCUT2D eigenvalue weighted by Crippen LogP contribution is -2.44. The summed E-state index contributed by atoms with van der Waals surface area (Å²) in [7, 11) is -3.55. The molecule has 1 aliphatic heterocycles. The molecule has 1 amide bonds. The molecule has 0 N–H and O–H groups in total. The first-order chi connectivity index (χ1) is 14.5. The number of carbonyl (C=O) groups is 1. The van der Waals surface area contributed by atoms with Gasteiger partial charge in [0.05, 0.1) is 18.0 Å². The van der Waals surface area contributed by atoms with Gasteiger partial charge in [-0.25, -0.2) is 8.42 Å². The van der Waals surface area contributed by atoms with Crippen LogP contribution < -0.4 is 4.74 Å². The fraction of sp³-hybridized carbons (Fsp3) is 0.500. The molecule has 0 spiro atoms. The summed E-state index contributed by atoms with van der Waals surface area (Å²) in [6.45, 7) is 3.86. The van der Waals surface area contributed by atoms with Crippen molar-refractivity contribution < 1.29 is 17.9 Å². The van der Waals surface area contributed by atoms with Crippen molar-refractivity contribution in [1.82, 2.24) is 9.21 Å². The zero-order chi connectivity index (χ0) is 21.1. The van der Waals surface area contributed by atoms with Crippen LogP contribution in [0.2, 0.25) is 0 Å². The molecule has 0 bridgehead atoms. The van der Waals surface area contributed by atoms with Crippen molar-refractivity contribution in [2.75, 3.05) is 19.7 Å². The van der Waals surface area contributed by atoms with E-state index >= 15 is 0 Å². The minimum absolute atomic E-state index is 0.0997. The van der Waals surface area contributed by atoms with Crippen molar-refractivity contribution in [3.05, 3.63) is 46.7 Å². The Morgan fingerprint density at radius 1 is 1.13 bits per heavy atom. The standard InChI is InChI=1S/C22H28N2O4S2/c1-2-28-19-7-9-21(10-8-19)30(26,27)23-13-11-17(12-14-23)22(25)24(18-5-6-18)16-20-4-3-15-29-20/h3-4,7-10,15,17-18H,2,5-6,11-14,16H2,1H3. The van der Waals surface area contributed by atoms with E-state index in [1.807, 2.05) is 23.3 Å². The highest BCUT2D eigenvalue weighted by Crippen LogP contribution is 2.33. The molecule has 4 rings (SSSR count). The molecule has 0 radical (unpaired) electrons. The van der Waals surface area contributed by atoms with Crippen molar-refractivity contribution in [1.29, 1.82) is 0 Å². The fourth-order valence-corrected chi connectivity index (χ4v) is 6.12. The Balaban J connectivity index is 1.38. The molecule has 1 aromatic heterocycles. The zero-order valence-electron chi connectivity index (χ0n) is 17.2. The minimum atomic E-state index is -3.55. The smallest absolute Gasteiger partial charge is 0.243 e. The molecule has 0 atom stereocenters. The van der Waals surface area contributed by atoms with Crippen LogP contribution in [0.1, 0.15) is 37.5 Å². The Morgan fingerprint density at radius 3 is 2.40 bits per heavy atom. The third-order valence-corrected chi connectivity index (χ3v) is 8.53. The topological polar surface area (TPSA) is 66.9 Å². The number of piperidine rings is 1. The number of sulfonamides is 1. The summed E-state index contributed by atoms with van der Waals surface area (Å²) >= 11 is 1.68. The van der Waals surface area contributed by atoms with Crippen LogP contribution in [0.4, 0.5) is 0 Å². The predicted molar refractivity (Wildman–Crippen MR) is 117 cm³/mol. The lowest BCUT2D eigenvalue weighted by Gasteiger charge is -2.33. The summed E-state index contributed by atoms with van der Waals surface area (Å²) in [6, 6.07) is 11.0. The first-order valence-corrected chi connectivity index (χ1v) is 12.9. The number of rotatable bonds is 8. The van der Waals surface area contributed by atoms with Crippen LogP contribution in [0.3, 0.4) is 0 Å². The molecular weight excluding hydrogens is 420 g/mol. The molecule has 2 heterocycles. The van der Waals surface area contributed by atoms with Gasteiger partial charge in [0.25, 0.3) is 0 Å². The first-order valence-electron chi connectivity index (χ1n) is 10.5. The number of thiophene rings is 1. The maximum absolute atomic E-state index is 13.2. The Kier molecular flexibility index (Phi) is 6.46. The summed E-state index contributed by atoms with van der Waals surface area (Å²) in [5.41, 5.74) is 0. The van der Waals surface area contributed by atoms with Gasteiger partial charge in [0.15, 0.2) is 0 Å². The number of carbonyl (C=O) groups excluding carboxylic acids is 1. The van der Waals surface area contributed by atoms with Crippen molar-refractivity contribution in [2.45, 2.75) is 50.1 Å². The summed E-state index contributed by atoms with van der Waals surface area (Å²) in [4.78, 5) is 16.7. The van der Waals surface area contributed by atoms with E-state index in [2.05, 4.69) is 6.07 Å². The lowest BCUT2D eigenvalue weighted by atomic mass is 9.96. The van der Waals surface area contributed by atoms with Crippen molar-refractivity contribution >= 4 is 27.3 Å². The normalized spacial score (nSPS) is 18.3. The molecule has 1 aliphatic carbocycles. The number of ether oxygens (including phenoxy) is 1. The van der Waals surface area contributed by atoms with E-state index in [0.29, 0.717) is 50.9 Å². The van der Waals surface area contributed by atoms with Gasteiger partial charge in [-0.15, -0.1) is 11.3 Å². The van der Waals surface area contributed by atoms with Crippen LogP contribution >= 0.6 is 11.3 Å². The highest BCUT2D eigenvalue weighted by Gasteiger charge is 2.38. The second-order valence-electron chi connectivity index (χ2n) is 7.86. The lowest BCUT2D eigenvalue weighted by molar-refractivity contribution is -0.138. The Hall–Kier alpha value is -1.90. The zero-order valence-corrected chi connectivity index (χ0v) is 18.8. The van der Waals surface area contributed by atoms with Crippen molar-refractivity contribution in [3.63, 3.8) is 0 Å². The number of amides is 1. The average molecular weight is 449 g/mol. The second kappa shape index (κ2) is 9.08. The minimum Gasteiger partial charge on any atom is -0.494 e. The van der Waals surface area contributed by atoms with Gasteiger partial charge in [-0.1, -0.05) is 6.07 Å². The molecular formula is C22H28N2O4S2. The molecule has 1 aromatic carbocycles. The van der Waals surface area contributed by atoms with E-state index < -0.39 is 10.0 Å². The van der Waals surface area contributed by atoms with E-state index in [9.17, 15) is 13.2 Å². The van der Waals surface area contributed by atoms with Gasteiger partial charge in [0.1, 0.15) is 5.75 Å². The number of hydrogen-bond donors (Lipinski definition) is 0.